The van der Waals surface area contributed by atoms with Gasteiger partial charge in [0.05, 0.1) is 24.8 Å². The van der Waals surface area contributed by atoms with Crippen molar-refractivity contribution in [2.75, 3.05) is 19.2 Å². The summed E-state index contributed by atoms with van der Waals surface area (Å²) in [5.74, 6) is 1.51. The molecule has 14 heteroatoms. The number of methoxy groups -OCH3 is 2. The predicted molar refractivity (Wildman–Crippen MR) is 147 cm³/mol. The zero-order chi connectivity index (χ0) is 27.2. The van der Waals surface area contributed by atoms with Crippen LogP contribution >= 0.6 is 35.4 Å². The molecular formula is C24H21Cl2N7O4S. The fraction of sp³-hybridized carbons (Fsp3) is 0.125. The molecule has 0 aliphatic heterocycles. The lowest BCUT2D eigenvalue weighted by Crippen LogP contribution is -2.50. The van der Waals surface area contributed by atoms with Gasteiger partial charge in [0.15, 0.2) is 5.11 Å². The van der Waals surface area contributed by atoms with Gasteiger partial charge < -0.3 is 19.9 Å². The monoisotopic (exact) mass is 573 g/mol. The molecule has 1 heterocycles. The number of tetrazole rings is 1. The number of hydrogen-bond acceptors (Lipinski definition) is 8. The Balaban J connectivity index is 1.51. The molecule has 0 bridgehead atoms. The molecule has 11 nitrogen and oxygen atoms in total. The minimum atomic E-state index is -0.517. The Hall–Kier alpha value is -4.13. The molecule has 0 atom stereocenters. The van der Waals surface area contributed by atoms with E-state index < -0.39 is 5.91 Å². The molecular weight excluding hydrogens is 553 g/mol. The highest BCUT2D eigenvalue weighted by Gasteiger charge is 2.20. The number of hydrazine groups is 1. The molecule has 0 aliphatic rings. The van der Waals surface area contributed by atoms with Gasteiger partial charge in [-0.1, -0.05) is 35.3 Å². The minimum absolute atomic E-state index is 0.110. The van der Waals surface area contributed by atoms with E-state index in [4.69, 9.17) is 55.4 Å². The van der Waals surface area contributed by atoms with Gasteiger partial charge in [-0.05, 0) is 59.9 Å². The van der Waals surface area contributed by atoms with Gasteiger partial charge in [-0.3, -0.25) is 10.2 Å². The van der Waals surface area contributed by atoms with Gasteiger partial charge in [0, 0.05) is 11.1 Å². The molecule has 3 N–H and O–H groups in total. The molecule has 196 valence electrons. The van der Waals surface area contributed by atoms with Crippen LogP contribution in [0, 0.1) is 0 Å². The first-order chi connectivity index (χ1) is 18.3. The number of thiocarbonyl (C=S) groups is 1. The quantitative estimate of drug-likeness (QED) is 0.233. The number of para-hydroxylation sites is 1. The zero-order valence-corrected chi connectivity index (χ0v) is 22.4. The number of benzene rings is 3. The first kappa shape index (κ1) is 26.9. The van der Waals surface area contributed by atoms with Gasteiger partial charge in [-0.15, -0.1) is 10.2 Å². The van der Waals surface area contributed by atoms with Crippen LogP contribution in [0.4, 0.5) is 5.69 Å². The maximum Gasteiger partial charge on any atom is 0.262 e. The van der Waals surface area contributed by atoms with Gasteiger partial charge in [0.1, 0.15) is 35.2 Å². The van der Waals surface area contributed by atoms with Crippen molar-refractivity contribution in [2.24, 2.45) is 5.73 Å². The second-order valence-corrected chi connectivity index (χ2v) is 8.82. The van der Waals surface area contributed by atoms with Gasteiger partial charge in [-0.25, -0.2) is 5.01 Å². The SMILES string of the molecule is COc1ccc(N(NC(=O)Cn2nnc(-c3ccccc3Oc3ccc(Cl)cc3Cl)n2)C(N)=S)c(OC)c1. The summed E-state index contributed by atoms with van der Waals surface area (Å²) in [5.41, 5.74) is 9.43. The molecule has 1 aromatic heterocycles. The number of carbonyl (C=O) groups excluding carboxylic acids is 1. The Kier molecular flexibility index (Phi) is 8.46. The van der Waals surface area contributed by atoms with E-state index in [2.05, 4.69) is 20.8 Å². The van der Waals surface area contributed by atoms with Crippen LogP contribution < -0.4 is 30.4 Å². The molecule has 0 fully saturated rings. The zero-order valence-electron chi connectivity index (χ0n) is 20.1. The lowest BCUT2D eigenvalue weighted by molar-refractivity contribution is -0.122. The third-order valence-electron chi connectivity index (χ3n) is 5.06. The number of hydrogen-bond donors (Lipinski definition) is 2. The number of rotatable bonds is 8. The van der Waals surface area contributed by atoms with Crippen molar-refractivity contribution >= 4 is 52.1 Å². The highest BCUT2D eigenvalue weighted by Crippen LogP contribution is 2.36. The fourth-order valence-corrected chi connectivity index (χ4v) is 3.92. The molecule has 4 rings (SSSR count). The van der Waals surface area contributed by atoms with Gasteiger partial charge in [-0.2, -0.15) is 4.80 Å². The molecule has 1 amide bonds. The number of nitrogens with one attached hydrogen (secondary N) is 1. The number of ether oxygens (including phenoxy) is 3. The summed E-state index contributed by atoms with van der Waals surface area (Å²) in [5, 5.41) is 14.3. The molecule has 0 unspecified atom stereocenters. The summed E-state index contributed by atoms with van der Waals surface area (Å²) in [6.07, 6.45) is 0. The van der Waals surface area contributed by atoms with E-state index in [1.165, 1.54) is 19.2 Å². The smallest absolute Gasteiger partial charge is 0.262 e. The largest absolute Gasteiger partial charge is 0.497 e. The van der Waals surface area contributed by atoms with E-state index in [0.717, 1.165) is 4.80 Å². The van der Waals surface area contributed by atoms with Gasteiger partial charge in [0.25, 0.3) is 5.91 Å². The summed E-state index contributed by atoms with van der Waals surface area (Å²) in [6.45, 7) is -0.281. The van der Waals surface area contributed by atoms with Crippen molar-refractivity contribution in [1.29, 1.82) is 0 Å². The van der Waals surface area contributed by atoms with Crippen LogP contribution in [0.2, 0.25) is 10.0 Å². The number of anilines is 1. The van der Waals surface area contributed by atoms with E-state index in [-0.39, 0.29) is 17.5 Å². The van der Waals surface area contributed by atoms with Crippen LogP contribution in [0.25, 0.3) is 11.4 Å². The summed E-state index contributed by atoms with van der Waals surface area (Å²) in [4.78, 5) is 14.0. The van der Waals surface area contributed by atoms with Crippen LogP contribution in [-0.4, -0.2) is 45.4 Å². The van der Waals surface area contributed by atoms with E-state index in [1.807, 2.05) is 0 Å². The summed E-state index contributed by atoms with van der Waals surface area (Å²) in [7, 11) is 3.00. The lowest BCUT2D eigenvalue weighted by atomic mass is 10.2. The minimum Gasteiger partial charge on any atom is -0.497 e. The topological polar surface area (TPSA) is 130 Å². The van der Waals surface area contributed by atoms with Crippen LogP contribution in [0.1, 0.15) is 0 Å². The van der Waals surface area contributed by atoms with Gasteiger partial charge in [0.2, 0.25) is 5.82 Å². The highest BCUT2D eigenvalue weighted by molar-refractivity contribution is 7.80. The molecule has 3 aromatic carbocycles. The van der Waals surface area contributed by atoms with Crippen molar-refractivity contribution in [2.45, 2.75) is 6.54 Å². The normalized spacial score (nSPS) is 10.5. The van der Waals surface area contributed by atoms with E-state index in [9.17, 15) is 4.79 Å². The predicted octanol–water partition coefficient (Wildman–Crippen LogP) is 4.24. The number of nitrogens with two attached hydrogens (primary N) is 1. The number of nitrogens with zero attached hydrogens (tertiary/aromatic N) is 5. The molecule has 0 spiro atoms. The Morgan fingerprint density at radius 2 is 1.84 bits per heavy atom. The summed E-state index contributed by atoms with van der Waals surface area (Å²) >= 11 is 17.3. The Morgan fingerprint density at radius 3 is 2.55 bits per heavy atom. The molecule has 0 aliphatic carbocycles. The van der Waals surface area contributed by atoms with E-state index in [1.54, 1.807) is 60.7 Å². The standard InChI is InChI=1S/C24H21Cl2N7O4S/c1-35-15-8-9-18(21(12-15)36-2)33(24(27)38)29-22(34)13-32-30-23(28-31-32)16-5-3-4-6-19(16)37-20-10-7-14(25)11-17(20)26/h3-12H,13H2,1-2H3,(H2,27,38)(H,29,34). The number of aromatic nitrogens is 4. The summed E-state index contributed by atoms with van der Waals surface area (Å²) < 4.78 is 16.6. The van der Waals surface area contributed by atoms with Crippen molar-refractivity contribution < 1.29 is 19.0 Å². The summed E-state index contributed by atoms with van der Waals surface area (Å²) in [6, 6.07) is 16.9. The van der Waals surface area contributed by atoms with Crippen molar-refractivity contribution in [1.82, 2.24) is 25.6 Å². The Morgan fingerprint density at radius 1 is 1.05 bits per heavy atom. The lowest BCUT2D eigenvalue weighted by Gasteiger charge is -2.25. The average Bonchev–Trinajstić information content (AvgIpc) is 3.36. The molecule has 0 radical (unpaired) electrons. The van der Waals surface area contributed by atoms with Crippen molar-refractivity contribution in [3.8, 4) is 34.4 Å². The van der Waals surface area contributed by atoms with E-state index >= 15 is 0 Å². The highest BCUT2D eigenvalue weighted by atomic mass is 35.5. The second-order valence-electron chi connectivity index (χ2n) is 7.56. The Labute approximate surface area is 232 Å². The third kappa shape index (κ3) is 6.22. The second kappa shape index (κ2) is 11.9. The molecule has 38 heavy (non-hydrogen) atoms. The van der Waals surface area contributed by atoms with Crippen LogP contribution in [0.15, 0.2) is 60.7 Å². The Bertz CT molecular complexity index is 1480. The maximum atomic E-state index is 12.8. The average molecular weight is 574 g/mol. The molecule has 0 saturated heterocycles. The van der Waals surface area contributed by atoms with Crippen LogP contribution in [0.5, 0.6) is 23.0 Å². The molecule has 0 saturated carbocycles. The van der Waals surface area contributed by atoms with Crippen LogP contribution in [-0.2, 0) is 11.3 Å². The van der Waals surface area contributed by atoms with Gasteiger partial charge >= 0.3 is 0 Å². The first-order valence-electron chi connectivity index (χ1n) is 10.9. The maximum absolute atomic E-state index is 12.8. The van der Waals surface area contributed by atoms with E-state index in [0.29, 0.717) is 44.3 Å². The number of halogens is 2. The number of carbonyl (C=O) groups is 1. The number of amides is 1. The molecule has 4 aromatic rings. The third-order valence-corrected chi connectivity index (χ3v) is 5.78. The van der Waals surface area contributed by atoms with Crippen molar-refractivity contribution in [3.63, 3.8) is 0 Å². The first-order valence-corrected chi connectivity index (χ1v) is 12.1. The fourth-order valence-electron chi connectivity index (χ4n) is 3.33. The van der Waals surface area contributed by atoms with Crippen molar-refractivity contribution in [3.05, 3.63) is 70.7 Å². The van der Waals surface area contributed by atoms with Crippen LogP contribution in [0.3, 0.4) is 0 Å².